The summed E-state index contributed by atoms with van der Waals surface area (Å²) in [6.45, 7) is 7.07. The zero-order chi connectivity index (χ0) is 12.7. The Morgan fingerprint density at radius 1 is 1.18 bits per heavy atom. The normalized spacial score (nSPS) is 10.9. The van der Waals surface area contributed by atoms with E-state index in [4.69, 9.17) is 5.26 Å². The third-order valence-corrected chi connectivity index (χ3v) is 2.91. The number of unbranched alkanes of at least 4 members (excludes halogenated alkanes) is 1. The Morgan fingerprint density at radius 2 is 1.82 bits per heavy atom. The van der Waals surface area contributed by atoms with Crippen molar-refractivity contribution in [1.82, 2.24) is 0 Å². The van der Waals surface area contributed by atoms with Crippen LogP contribution in [0.5, 0.6) is 0 Å². The minimum absolute atomic E-state index is 0.177. The van der Waals surface area contributed by atoms with Crippen LogP contribution in [-0.2, 0) is 0 Å². The van der Waals surface area contributed by atoms with Gasteiger partial charge in [0.2, 0.25) is 0 Å². The molecule has 0 aliphatic heterocycles. The van der Waals surface area contributed by atoms with E-state index in [2.05, 4.69) is 42.6 Å². The second-order valence-electron chi connectivity index (χ2n) is 5.25. The third-order valence-electron chi connectivity index (χ3n) is 2.91. The largest absolute Gasteiger partial charge is 0.385 e. The lowest BCUT2D eigenvalue weighted by Gasteiger charge is -2.14. The molecule has 0 heterocycles. The first-order valence-electron chi connectivity index (χ1n) is 6.25. The van der Waals surface area contributed by atoms with Gasteiger partial charge in [0.15, 0.2) is 0 Å². The second kappa shape index (κ2) is 6.30. The van der Waals surface area contributed by atoms with Crippen LogP contribution in [0, 0.1) is 23.7 Å². The van der Waals surface area contributed by atoms with Crippen LogP contribution in [0.3, 0.4) is 0 Å². The summed E-state index contributed by atoms with van der Waals surface area (Å²) in [5.74, 6) is 0. The van der Waals surface area contributed by atoms with E-state index in [9.17, 15) is 0 Å². The Morgan fingerprint density at radius 3 is 2.41 bits per heavy atom. The maximum atomic E-state index is 8.89. The molecule has 0 amide bonds. The molecule has 2 heteroatoms. The molecule has 0 aromatic heterocycles. The number of anilines is 1. The molecule has 2 nitrogen and oxygen atoms in total. The molecule has 0 unspecified atom stereocenters. The molecule has 0 radical (unpaired) electrons. The SMILES string of the molecule is Cc1ccc(NCCCCC(C)(C)C#N)cc1. The van der Waals surface area contributed by atoms with Crippen molar-refractivity contribution < 1.29 is 0 Å². The lowest BCUT2D eigenvalue weighted by molar-refractivity contribution is 0.430. The second-order valence-corrected chi connectivity index (χ2v) is 5.25. The number of rotatable bonds is 6. The first-order chi connectivity index (χ1) is 8.03. The summed E-state index contributed by atoms with van der Waals surface area (Å²) in [5.41, 5.74) is 2.28. The van der Waals surface area contributed by atoms with E-state index in [-0.39, 0.29) is 5.41 Å². The number of nitrogens with zero attached hydrogens (tertiary/aromatic N) is 1. The minimum atomic E-state index is -0.177. The Labute approximate surface area is 105 Å². The number of hydrogen-bond donors (Lipinski definition) is 1. The molecule has 0 aliphatic carbocycles. The van der Waals surface area contributed by atoms with E-state index in [1.807, 2.05) is 13.8 Å². The van der Waals surface area contributed by atoms with Gasteiger partial charge in [0.25, 0.3) is 0 Å². The Balaban J connectivity index is 2.17. The van der Waals surface area contributed by atoms with E-state index in [1.165, 1.54) is 11.3 Å². The topological polar surface area (TPSA) is 35.8 Å². The van der Waals surface area contributed by atoms with Gasteiger partial charge in [-0.3, -0.25) is 0 Å². The van der Waals surface area contributed by atoms with Gasteiger partial charge in [-0.05, 0) is 45.7 Å². The monoisotopic (exact) mass is 230 g/mol. The highest BCUT2D eigenvalue weighted by molar-refractivity contribution is 5.44. The van der Waals surface area contributed by atoms with Crippen molar-refractivity contribution >= 4 is 5.69 Å². The summed E-state index contributed by atoms with van der Waals surface area (Å²) >= 11 is 0. The summed E-state index contributed by atoms with van der Waals surface area (Å²) in [7, 11) is 0. The maximum Gasteiger partial charge on any atom is 0.0683 e. The van der Waals surface area contributed by atoms with E-state index >= 15 is 0 Å². The van der Waals surface area contributed by atoms with Crippen LogP contribution in [0.15, 0.2) is 24.3 Å². The average Bonchev–Trinajstić information content (AvgIpc) is 2.31. The maximum absolute atomic E-state index is 8.89. The van der Waals surface area contributed by atoms with Crippen LogP contribution in [-0.4, -0.2) is 6.54 Å². The molecule has 0 bridgehead atoms. The van der Waals surface area contributed by atoms with Crippen LogP contribution < -0.4 is 5.32 Å². The van der Waals surface area contributed by atoms with Gasteiger partial charge < -0.3 is 5.32 Å². The molecule has 1 aromatic carbocycles. The van der Waals surface area contributed by atoms with Gasteiger partial charge in [0, 0.05) is 12.2 Å². The third kappa shape index (κ3) is 5.40. The van der Waals surface area contributed by atoms with E-state index < -0.39 is 0 Å². The van der Waals surface area contributed by atoms with Gasteiger partial charge in [0.05, 0.1) is 11.5 Å². The van der Waals surface area contributed by atoms with Crippen molar-refractivity contribution in [1.29, 1.82) is 5.26 Å². The van der Waals surface area contributed by atoms with Gasteiger partial charge >= 0.3 is 0 Å². The Hall–Kier alpha value is -1.49. The molecule has 0 atom stereocenters. The smallest absolute Gasteiger partial charge is 0.0683 e. The molecule has 0 saturated heterocycles. The molecule has 0 saturated carbocycles. The molecular weight excluding hydrogens is 208 g/mol. The lowest BCUT2D eigenvalue weighted by atomic mass is 9.89. The average molecular weight is 230 g/mol. The highest BCUT2D eigenvalue weighted by atomic mass is 14.9. The van der Waals surface area contributed by atoms with Crippen LogP contribution in [0.1, 0.15) is 38.7 Å². The predicted molar refractivity (Wildman–Crippen MR) is 72.9 cm³/mol. The van der Waals surface area contributed by atoms with Crippen molar-refractivity contribution in [2.45, 2.75) is 40.0 Å². The van der Waals surface area contributed by atoms with Gasteiger partial charge in [-0.25, -0.2) is 0 Å². The van der Waals surface area contributed by atoms with Crippen LogP contribution >= 0.6 is 0 Å². The first-order valence-corrected chi connectivity index (χ1v) is 6.25. The van der Waals surface area contributed by atoms with Crippen molar-refractivity contribution in [3.8, 4) is 6.07 Å². The molecule has 1 aromatic rings. The summed E-state index contributed by atoms with van der Waals surface area (Å²) in [6, 6.07) is 10.8. The van der Waals surface area contributed by atoms with Crippen LogP contribution in [0.25, 0.3) is 0 Å². The summed E-state index contributed by atoms with van der Waals surface area (Å²) in [4.78, 5) is 0. The van der Waals surface area contributed by atoms with Gasteiger partial charge in [-0.1, -0.05) is 24.1 Å². The fraction of sp³-hybridized carbons (Fsp3) is 0.533. The fourth-order valence-electron chi connectivity index (χ4n) is 1.65. The molecule has 17 heavy (non-hydrogen) atoms. The molecule has 0 aliphatic rings. The number of hydrogen-bond acceptors (Lipinski definition) is 2. The zero-order valence-electron chi connectivity index (χ0n) is 11.1. The molecule has 1 rings (SSSR count). The van der Waals surface area contributed by atoms with Crippen molar-refractivity contribution in [2.75, 3.05) is 11.9 Å². The van der Waals surface area contributed by atoms with Crippen molar-refractivity contribution in [3.63, 3.8) is 0 Å². The summed E-state index contributed by atoms with van der Waals surface area (Å²) in [5, 5.41) is 12.3. The van der Waals surface area contributed by atoms with Gasteiger partial charge in [-0.2, -0.15) is 5.26 Å². The lowest BCUT2D eigenvalue weighted by Crippen LogP contribution is -2.09. The molecule has 0 spiro atoms. The van der Waals surface area contributed by atoms with E-state index in [0.29, 0.717) is 0 Å². The summed E-state index contributed by atoms with van der Waals surface area (Å²) in [6.07, 6.45) is 3.18. The quantitative estimate of drug-likeness (QED) is 0.746. The number of aryl methyl sites for hydroxylation is 1. The highest BCUT2D eigenvalue weighted by Gasteiger charge is 2.15. The standard InChI is InChI=1S/C15H22N2/c1-13-6-8-14(9-7-13)17-11-5-4-10-15(2,3)12-16/h6-9,17H,4-5,10-11H2,1-3H3. The molecular formula is C15H22N2. The Bertz CT molecular complexity index is 371. The Kier molecular flexibility index (Phi) is 5.03. The van der Waals surface area contributed by atoms with Gasteiger partial charge in [-0.15, -0.1) is 0 Å². The minimum Gasteiger partial charge on any atom is -0.385 e. The number of nitriles is 1. The van der Waals surface area contributed by atoms with E-state index in [1.54, 1.807) is 0 Å². The predicted octanol–water partition coefficient (Wildman–Crippen LogP) is 4.13. The molecule has 1 N–H and O–H groups in total. The first kappa shape index (κ1) is 13.6. The zero-order valence-corrected chi connectivity index (χ0v) is 11.1. The van der Waals surface area contributed by atoms with Gasteiger partial charge in [0.1, 0.15) is 0 Å². The van der Waals surface area contributed by atoms with Crippen molar-refractivity contribution in [3.05, 3.63) is 29.8 Å². The molecule has 92 valence electrons. The number of benzene rings is 1. The highest BCUT2D eigenvalue weighted by Crippen LogP contribution is 2.21. The van der Waals surface area contributed by atoms with E-state index in [0.717, 1.165) is 25.8 Å². The fourth-order valence-corrected chi connectivity index (χ4v) is 1.65. The molecule has 0 fully saturated rings. The van der Waals surface area contributed by atoms with Crippen LogP contribution in [0.4, 0.5) is 5.69 Å². The summed E-state index contributed by atoms with van der Waals surface area (Å²) < 4.78 is 0. The van der Waals surface area contributed by atoms with Crippen LogP contribution in [0.2, 0.25) is 0 Å². The van der Waals surface area contributed by atoms with Crippen molar-refractivity contribution in [2.24, 2.45) is 5.41 Å². The number of nitrogens with one attached hydrogen (secondary N) is 1.